The maximum atomic E-state index is 10.9. The fourth-order valence-electron chi connectivity index (χ4n) is 1.08. The highest BCUT2D eigenvalue weighted by molar-refractivity contribution is 6.35. The SMILES string of the molecule is CCCCC.O.O=C(C=NO)c1ccccc1. The second kappa shape index (κ2) is 12.4. The van der Waals surface area contributed by atoms with Crippen LogP contribution in [0.15, 0.2) is 35.5 Å². The Balaban J connectivity index is 0. The van der Waals surface area contributed by atoms with Crippen LogP contribution in [0, 0.1) is 0 Å². The Morgan fingerprint density at radius 1 is 1.24 bits per heavy atom. The van der Waals surface area contributed by atoms with Gasteiger partial charge in [-0.25, -0.2) is 0 Å². The Kier molecular flexibility index (Phi) is 12.9. The van der Waals surface area contributed by atoms with E-state index in [9.17, 15) is 4.79 Å². The van der Waals surface area contributed by atoms with E-state index in [0.717, 1.165) is 6.21 Å². The average Bonchev–Trinajstić information content (AvgIpc) is 2.32. The normalized spacial score (nSPS) is 9.06. The van der Waals surface area contributed by atoms with Crippen molar-refractivity contribution in [2.75, 3.05) is 0 Å². The molecule has 0 saturated carbocycles. The van der Waals surface area contributed by atoms with Crippen LogP contribution in [0.25, 0.3) is 0 Å². The molecule has 3 N–H and O–H groups in total. The molecule has 1 rings (SSSR count). The number of nitrogens with zero attached hydrogens (tertiary/aromatic N) is 1. The van der Waals surface area contributed by atoms with Crippen molar-refractivity contribution in [3.8, 4) is 0 Å². The molecule has 0 spiro atoms. The van der Waals surface area contributed by atoms with E-state index in [1.165, 1.54) is 19.3 Å². The van der Waals surface area contributed by atoms with Gasteiger partial charge in [0.1, 0.15) is 6.21 Å². The molecule has 0 aliphatic carbocycles. The van der Waals surface area contributed by atoms with E-state index in [2.05, 4.69) is 19.0 Å². The topological polar surface area (TPSA) is 81.2 Å². The molecule has 0 aliphatic rings. The van der Waals surface area contributed by atoms with Crippen LogP contribution in [0.5, 0.6) is 0 Å². The van der Waals surface area contributed by atoms with Gasteiger partial charge in [-0.2, -0.15) is 0 Å². The Labute approximate surface area is 102 Å². The van der Waals surface area contributed by atoms with E-state index in [4.69, 9.17) is 5.21 Å². The smallest absolute Gasteiger partial charge is 0.207 e. The van der Waals surface area contributed by atoms with Crippen molar-refractivity contribution in [3.63, 3.8) is 0 Å². The summed E-state index contributed by atoms with van der Waals surface area (Å²) in [5.41, 5.74) is 0.519. The highest BCUT2D eigenvalue weighted by Crippen LogP contribution is 1.97. The first-order valence-electron chi connectivity index (χ1n) is 5.53. The minimum Gasteiger partial charge on any atom is -0.412 e. The molecule has 96 valence electrons. The van der Waals surface area contributed by atoms with Gasteiger partial charge in [0.15, 0.2) is 0 Å². The molecule has 0 unspecified atom stereocenters. The van der Waals surface area contributed by atoms with Crippen molar-refractivity contribution in [2.24, 2.45) is 5.16 Å². The van der Waals surface area contributed by atoms with Crippen LogP contribution >= 0.6 is 0 Å². The van der Waals surface area contributed by atoms with Crippen LogP contribution in [0.3, 0.4) is 0 Å². The third-order valence-electron chi connectivity index (χ3n) is 1.94. The Hall–Kier alpha value is -1.68. The number of unbranched alkanes of at least 4 members (excludes halogenated alkanes) is 2. The van der Waals surface area contributed by atoms with Gasteiger partial charge in [0.2, 0.25) is 5.78 Å². The van der Waals surface area contributed by atoms with Gasteiger partial charge in [0, 0.05) is 5.56 Å². The lowest BCUT2D eigenvalue weighted by atomic mass is 10.1. The minimum absolute atomic E-state index is 0. The molecule has 0 amide bonds. The summed E-state index contributed by atoms with van der Waals surface area (Å²) < 4.78 is 0. The van der Waals surface area contributed by atoms with Crippen molar-refractivity contribution in [2.45, 2.75) is 33.1 Å². The molecular weight excluding hydrogens is 218 g/mol. The summed E-state index contributed by atoms with van der Waals surface area (Å²) >= 11 is 0. The van der Waals surface area contributed by atoms with Gasteiger partial charge in [-0.15, -0.1) is 0 Å². The quantitative estimate of drug-likeness (QED) is 0.379. The molecule has 17 heavy (non-hydrogen) atoms. The Morgan fingerprint density at radius 3 is 2.12 bits per heavy atom. The molecule has 0 aromatic heterocycles. The van der Waals surface area contributed by atoms with Crippen LogP contribution in [0.2, 0.25) is 0 Å². The van der Waals surface area contributed by atoms with E-state index in [0.29, 0.717) is 5.56 Å². The summed E-state index contributed by atoms with van der Waals surface area (Å²) in [5.74, 6) is -0.298. The molecule has 0 saturated heterocycles. The summed E-state index contributed by atoms with van der Waals surface area (Å²) in [6, 6.07) is 8.62. The van der Waals surface area contributed by atoms with Gasteiger partial charge < -0.3 is 10.7 Å². The predicted molar refractivity (Wildman–Crippen MR) is 69.9 cm³/mol. The van der Waals surface area contributed by atoms with Crippen LogP contribution in [0.1, 0.15) is 43.5 Å². The number of hydrogen-bond acceptors (Lipinski definition) is 3. The van der Waals surface area contributed by atoms with Crippen molar-refractivity contribution in [1.82, 2.24) is 0 Å². The van der Waals surface area contributed by atoms with Crippen molar-refractivity contribution < 1.29 is 15.5 Å². The van der Waals surface area contributed by atoms with Gasteiger partial charge >= 0.3 is 0 Å². The molecule has 0 bridgehead atoms. The largest absolute Gasteiger partial charge is 0.412 e. The maximum Gasteiger partial charge on any atom is 0.207 e. The predicted octanol–water partition coefficient (Wildman–Crippen LogP) is 2.70. The Bertz CT molecular complexity index is 308. The highest BCUT2D eigenvalue weighted by atomic mass is 16.4. The van der Waals surface area contributed by atoms with Crippen LogP contribution < -0.4 is 0 Å². The number of rotatable bonds is 4. The van der Waals surface area contributed by atoms with E-state index < -0.39 is 0 Å². The second-order valence-electron chi connectivity index (χ2n) is 3.33. The molecule has 4 heteroatoms. The van der Waals surface area contributed by atoms with Crippen LogP contribution in [-0.4, -0.2) is 22.7 Å². The van der Waals surface area contributed by atoms with Crippen molar-refractivity contribution in [1.29, 1.82) is 0 Å². The zero-order valence-electron chi connectivity index (χ0n) is 10.4. The van der Waals surface area contributed by atoms with Gasteiger partial charge in [-0.1, -0.05) is 68.6 Å². The molecule has 0 fully saturated rings. The summed E-state index contributed by atoms with van der Waals surface area (Å²) in [4.78, 5) is 10.9. The van der Waals surface area contributed by atoms with Crippen LogP contribution in [-0.2, 0) is 0 Å². The lowest BCUT2D eigenvalue weighted by Crippen LogP contribution is -1.98. The monoisotopic (exact) mass is 239 g/mol. The second-order valence-corrected chi connectivity index (χ2v) is 3.33. The summed E-state index contributed by atoms with van der Waals surface area (Å²) in [5, 5.41) is 10.7. The number of hydrogen-bond donors (Lipinski definition) is 1. The van der Waals surface area contributed by atoms with Crippen molar-refractivity contribution in [3.05, 3.63) is 35.9 Å². The Morgan fingerprint density at radius 2 is 1.76 bits per heavy atom. The van der Waals surface area contributed by atoms with Gasteiger partial charge in [0.25, 0.3) is 0 Å². The van der Waals surface area contributed by atoms with E-state index in [1.807, 2.05) is 6.07 Å². The molecule has 0 aliphatic heterocycles. The zero-order valence-corrected chi connectivity index (χ0v) is 10.4. The number of ketones is 1. The molecule has 1 aromatic carbocycles. The third-order valence-corrected chi connectivity index (χ3v) is 1.94. The summed E-state index contributed by atoms with van der Waals surface area (Å²) in [6.07, 6.45) is 4.95. The number of oxime groups is 1. The summed E-state index contributed by atoms with van der Waals surface area (Å²) in [7, 11) is 0. The summed E-state index contributed by atoms with van der Waals surface area (Å²) in [6.45, 7) is 4.42. The number of carbonyl (C=O) groups excluding carboxylic acids is 1. The number of benzene rings is 1. The lowest BCUT2D eigenvalue weighted by Gasteiger charge is -1.90. The first-order valence-corrected chi connectivity index (χ1v) is 5.53. The maximum absolute atomic E-state index is 10.9. The first kappa shape index (κ1) is 17.7. The highest BCUT2D eigenvalue weighted by Gasteiger charge is 1.98. The number of Topliss-reactive ketones (excluding diaryl/α,β-unsaturated/α-hetero) is 1. The third kappa shape index (κ3) is 9.26. The molecule has 1 aromatic rings. The van der Waals surface area contributed by atoms with E-state index in [-0.39, 0.29) is 11.3 Å². The average molecular weight is 239 g/mol. The van der Waals surface area contributed by atoms with E-state index >= 15 is 0 Å². The van der Waals surface area contributed by atoms with Gasteiger partial charge in [-0.3, -0.25) is 4.79 Å². The minimum atomic E-state index is -0.298. The molecular formula is C13H21NO3. The standard InChI is InChI=1S/C8H7NO2.C5H12.H2O/c10-8(6-9-11)7-4-2-1-3-5-7;1-3-5-4-2;/h1-6,11H;3-5H2,1-2H3;1H2. The fraction of sp³-hybridized carbons (Fsp3) is 0.385. The molecule has 0 radical (unpaired) electrons. The lowest BCUT2D eigenvalue weighted by molar-refractivity contribution is 0.106. The van der Waals surface area contributed by atoms with Crippen molar-refractivity contribution >= 4 is 12.0 Å². The molecule has 4 nitrogen and oxygen atoms in total. The fourth-order valence-corrected chi connectivity index (χ4v) is 1.08. The first-order chi connectivity index (χ1) is 7.76. The van der Waals surface area contributed by atoms with Crippen LogP contribution in [0.4, 0.5) is 0 Å². The van der Waals surface area contributed by atoms with E-state index in [1.54, 1.807) is 24.3 Å². The van der Waals surface area contributed by atoms with Gasteiger partial charge in [0.05, 0.1) is 0 Å². The van der Waals surface area contributed by atoms with Gasteiger partial charge in [-0.05, 0) is 0 Å². The number of carbonyl (C=O) groups is 1. The molecule has 0 atom stereocenters. The molecule has 0 heterocycles. The zero-order chi connectivity index (χ0) is 12.2.